The molecule has 0 bridgehead atoms. The summed E-state index contributed by atoms with van der Waals surface area (Å²) in [5, 5.41) is 8.87. The maximum absolute atomic E-state index is 11.7. The quantitative estimate of drug-likeness (QED) is 0.906. The van der Waals surface area contributed by atoms with Crippen LogP contribution < -0.4 is 0 Å². The molecule has 0 spiro atoms. The predicted octanol–water partition coefficient (Wildman–Crippen LogP) is 2.15. The molecule has 0 saturated carbocycles. The van der Waals surface area contributed by atoms with Gasteiger partial charge in [0.05, 0.1) is 17.8 Å². The van der Waals surface area contributed by atoms with Gasteiger partial charge in [0.25, 0.3) is 0 Å². The lowest BCUT2D eigenvalue weighted by Gasteiger charge is -2.24. The van der Waals surface area contributed by atoms with Gasteiger partial charge in [-0.3, -0.25) is 4.98 Å². The van der Waals surface area contributed by atoms with Crippen molar-refractivity contribution in [1.29, 1.82) is 0 Å². The van der Waals surface area contributed by atoms with Crippen LogP contribution in [0.5, 0.6) is 0 Å². The van der Waals surface area contributed by atoms with Crippen LogP contribution in [0.1, 0.15) is 36.8 Å². The van der Waals surface area contributed by atoms with Crippen molar-refractivity contribution in [2.75, 3.05) is 7.05 Å². The van der Waals surface area contributed by atoms with E-state index in [2.05, 4.69) is 4.98 Å². The van der Waals surface area contributed by atoms with Gasteiger partial charge in [0, 0.05) is 13.2 Å². The summed E-state index contributed by atoms with van der Waals surface area (Å²) in [6.45, 7) is 5.53. The first-order valence-electron chi connectivity index (χ1n) is 5.81. The molecule has 1 aromatic rings. The van der Waals surface area contributed by atoms with Crippen LogP contribution in [0, 0.1) is 0 Å². The van der Waals surface area contributed by atoms with Gasteiger partial charge in [-0.25, -0.2) is 9.59 Å². The van der Waals surface area contributed by atoms with E-state index in [0.29, 0.717) is 5.69 Å². The summed E-state index contributed by atoms with van der Waals surface area (Å²) < 4.78 is 5.19. The van der Waals surface area contributed by atoms with E-state index < -0.39 is 17.7 Å². The fourth-order valence-corrected chi connectivity index (χ4v) is 1.35. The lowest BCUT2D eigenvalue weighted by molar-refractivity contribution is 0.0283. The molecule has 6 nitrogen and oxygen atoms in total. The van der Waals surface area contributed by atoms with E-state index in [0.717, 1.165) is 0 Å². The summed E-state index contributed by atoms with van der Waals surface area (Å²) >= 11 is 0. The maximum Gasteiger partial charge on any atom is 0.410 e. The van der Waals surface area contributed by atoms with Gasteiger partial charge in [-0.1, -0.05) is 0 Å². The third-order valence-electron chi connectivity index (χ3n) is 2.17. The average Bonchev–Trinajstić information content (AvgIpc) is 2.27. The molecule has 1 rings (SSSR count). The second-order valence-electron chi connectivity index (χ2n) is 5.18. The zero-order valence-electron chi connectivity index (χ0n) is 11.5. The van der Waals surface area contributed by atoms with Crippen molar-refractivity contribution in [3.8, 4) is 0 Å². The van der Waals surface area contributed by atoms with Crippen molar-refractivity contribution in [2.45, 2.75) is 32.9 Å². The van der Waals surface area contributed by atoms with Gasteiger partial charge in [0.15, 0.2) is 0 Å². The van der Waals surface area contributed by atoms with Gasteiger partial charge < -0.3 is 14.7 Å². The summed E-state index contributed by atoms with van der Waals surface area (Å²) in [4.78, 5) is 27.9. The van der Waals surface area contributed by atoms with Crippen LogP contribution in [0.4, 0.5) is 4.79 Å². The molecule has 0 aliphatic rings. The fraction of sp³-hybridized carbons (Fsp3) is 0.462. The summed E-state index contributed by atoms with van der Waals surface area (Å²) in [6, 6.07) is 2.84. The number of aromatic nitrogens is 1. The van der Waals surface area contributed by atoms with Gasteiger partial charge in [0.1, 0.15) is 5.60 Å². The number of carbonyl (C=O) groups excluding carboxylic acids is 1. The number of aromatic carboxylic acids is 1. The fourth-order valence-electron chi connectivity index (χ4n) is 1.35. The number of hydrogen-bond donors (Lipinski definition) is 1. The van der Waals surface area contributed by atoms with Crippen LogP contribution in [0.3, 0.4) is 0 Å². The Labute approximate surface area is 112 Å². The number of nitrogens with zero attached hydrogens (tertiary/aromatic N) is 2. The standard InChI is InChI=1S/C13H18N2O4/c1-13(2,3)19-12(18)15(4)8-10-7-9(11(16)17)5-6-14-10/h5-7H,8H2,1-4H3,(H,16,17). The van der Waals surface area contributed by atoms with Crippen molar-refractivity contribution in [3.05, 3.63) is 29.6 Å². The second-order valence-corrected chi connectivity index (χ2v) is 5.18. The van der Waals surface area contributed by atoms with Gasteiger partial charge in [-0.15, -0.1) is 0 Å². The molecular weight excluding hydrogens is 248 g/mol. The molecule has 104 valence electrons. The minimum Gasteiger partial charge on any atom is -0.478 e. The zero-order chi connectivity index (χ0) is 14.6. The number of carbonyl (C=O) groups is 2. The highest BCUT2D eigenvalue weighted by molar-refractivity contribution is 5.87. The average molecular weight is 266 g/mol. The Morgan fingerprint density at radius 3 is 2.58 bits per heavy atom. The van der Waals surface area contributed by atoms with E-state index in [1.165, 1.54) is 23.2 Å². The van der Waals surface area contributed by atoms with Crippen molar-refractivity contribution >= 4 is 12.1 Å². The molecule has 0 radical (unpaired) electrons. The Balaban J connectivity index is 2.71. The molecule has 0 aliphatic heterocycles. The number of hydrogen-bond acceptors (Lipinski definition) is 4. The molecule has 0 saturated heterocycles. The van der Waals surface area contributed by atoms with E-state index in [9.17, 15) is 9.59 Å². The van der Waals surface area contributed by atoms with Crippen LogP contribution in [0.15, 0.2) is 18.3 Å². The van der Waals surface area contributed by atoms with Crippen LogP contribution in [-0.4, -0.2) is 39.7 Å². The number of rotatable bonds is 3. The van der Waals surface area contributed by atoms with Crippen LogP contribution in [-0.2, 0) is 11.3 Å². The SMILES string of the molecule is CN(Cc1cc(C(=O)O)ccn1)C(=O)OC(C)(C)C. The maximum atomic E-state index is 11.7. The van der Waals surface area contributed by atoms with Gasteiger partial charge in [0.2, 0.25) is 0 Å². The monoisotopic (exact) mass is 266 g/mol. The lowest BCUT2D eigenvalue weighted by Crippen LogP contribution is -2.34. The molecule has 0 fully saturated rings. The van der Waals surface area contributed by atoms with E-state index in [1.54, 1.807) is 27.8 Å². The topological polar surface area (TPSA) is 79.7 Å². The molecule has 1 aromatic heterocycles. The van der Waals surface area contributed by atoms with Gasteiger partial charge in [-0.05, 0) is 32.9 Å². The van der Waals surface area contributed by atoms with Crippen LogP contribution in [0.2, 0.25) is 0 Å². The molecule has 1 heterocycles. The lowest BCUT2D eigenvalue weighted by atomic mass is 10.2. The Morgan fingerprint density at radius 2 is 2.05 bits per heavy atom. The minimum atomic E-state index is -1.02. The molecule has 1 N–H and O–H groups in total. The van der Waals surface area contributed by atoms with Crippen molar-refractivity contribution in [1.82, 2.24) is 9.88 Å². The first-order chi connectivity index (χ1) is 8.69. The second kappa shape index (κ2) is 5.69. The zero-order valence-corrected chi connectivity index (χ0v) is 11.5. The first kappa shape index (κ1) is 14.9. The Morgan fingerprint density at radius 1 is 1.42 bits per heavy atom. The Hall–Kier alpha value is -2.11. The third kappa shape index (κ3) is 4.95. The third-order valence-corrected chi connectivity index (χ3v) is 2.17. The molecule has 0 atom stereocenters. The van der Waals surface area contributed by atoms with Gasteiger partial charge >= 0.3 is 12.1 Å². The first-order valence-corrected chi connectivity index (χ1v) is 5.81. The van der Waals surface area contributed by atoms with E-state index in [-0.39, 0.29) is 12.1 Å². The van der Waals surface area contributed by atoms with Crippen molar-refractivity contribution in [2.24, 2.45) is 0 Å². The predicted molar refractivity (Wildman–Crippen MR) is 68.9 cm³/mol. The summed E-state index contributed by atoms with van der Waals surface area (Å²) in [5.41, 5.74) is 0.0673. The summed E-state index contributed by atoms with van der Waals surface area (Å²) in [5.74, 6) is -1.02. The van der Waals surface area contributed by atoms with Crippen LogP contribution >= 0.6 is 0 Å². The molecule has 6 heteroatoms. The van der Waals surface area contributed by atoms with E-state index in [1.807, 2.05) is 0 Å². The highest BCUT2D eigenvalue weighted by Crippen LogP contribution is 2.11. The summed E-state index contributed by atoms with van der Waals surface area (Å²) in [6.07, 6.45) is 0.928. The summed E-state index contributed by atoms with van der Waals surface area (Å²) in [7, 11) is 1.57. The smallest absolute Gasteiger partial charge is 0.410 e. The minimum absolute atomic E-state index is 0.141. The molecule has 1 amide bonds. The highest BCUT2D eigenvalue weighted by Gasteiger charge is 2.20. The number of carboxylic acid groups (broad SMARTS) is 1. The largest absolute Gasteiger partial charge is 0.478 e. The normalized spacial score (nSPS) is 10.9. The molecular formula is C13H18N2O4. The van der Waals surface area contributed by atoms with Gasteiger partial charge in [-0.2, -0.15) is 0 Å². The highest BCUT2D eigenvalue weighted by atomic mass is 16.6. The number of pyridine rings is 1. The Kier molecular flexibility index (Phi) is 4.47. The molecule has 0 aromatic carbocycles. The number of amides is 1. The van der Waals surface area contributed by atoms with E-state index in [4.69, 9.17) is 9.84 Å². The van der Waals surface area contributed by atoms with Crippen LogP contribution in [0.25, 0.3) is 0 Å². The molecule has 19 heavy (non-hydrogen) atoms. The molecule has 0 unspecified atom stereocenters. The van der Waals surface area contributed by atoms with Crippen molar-refractivity contribution in [3.63, 3.8) is 0 Å². The number of carboxylic acids is 1. The number of ether oxygens (including phenoxy) is 1. The Bertz CT molecular complexity index is 480. The van der Waals surface area contributed by atoms with Crippen molar-refractivity contribution < 1.29 is 19.4 Å². The molecule has 0 aliphatic carbocycles. The van der Waals surface area contributed by atoms with E-state index >= 15 is 0 Å².